The molecule has 0 atom stereocenters. The van der Waals surface area contributed by atoms with Gasteiger partial charge in [-0.3, -0.25) is 9.59 Å². The molecular formula is C19H16FNO7. The van der Waals surface area contributed by atoms with E-state index in [-0.39, 0.29) is 29.6 Å². The van der Waals surface area contributed by atoms with Crippen molar-refractivity contribution in [2.75, 3.05) is 25.3 Å². The number of benzene rings is 2. The highest BCUT2D eigenvalue weighted by Gasteiger charge is 2.20. The average Bonchev–Trinajstić information content (AvgIpc) is 3.12. The van der Waals surface area contributed by atoms with E-state index in [4.69, 9.17) is 18.9 Å². The number of Topliss-reactive ketones (excluding diaryl/α,β-unsaturated/α-hetero) is 1. The zero-order valence-corrected chi connectivity index (χ0v) is 14.8. The molecule has 0 radical (unpaired) electrons. The summed E-state index contributed by atoms with van der Waals surface area (Å²) >= 11 is 0. The van der Waals surface area contributed by atoms with Gasteiger partial charge in [0.15, 0.2) is 30.5 Å². The number of nitrogens with one attached hydrogen (secondary N) is 1. The largest absolute Gasteiger partial charge is 0.482 e. The van der Waals surface area contributed by atoms with Crippen molar-refractivity contribution < 1.29 is 37.7 Å². The molecule has 1 amide bonds. The maximum atomic E-state index is 12.8. The SMILES string of the molecule is CC(=O)c1cc2c(cc1NC(=O)COC(=O)COc1ccc(F)cc1)OCO2. The predicted octanol–water partition coefficient (Wildman–Crippen LogP) is 2.32. The Morgan fingerprint density at radius 3 is 2.43 bits per heavy atom. The summed E-state index contributed by atoms with van der Waals surface area (Å²) in [5, 5.41) is 2.50. The average molecular weight is 389 g/mol. The van der Waals surface area contributed by atoms with E-state index in [0.717, 1.165) is 0 Å². The first-order valence-corrected chi connectivity index (χ1v) is 8.21. The van der Waals surface area contributed by atoms with Crippen LogP contribution in [0.2, 0.25) is 0 Å². The van der Waals surface area contributed by atoms with Gasteiger partial charge in [0, 0.05) is 11.6 Å². The topological polar surface area (TPSA) is 100 Å². The molecule has 1 heterocycles. The minimum Gasteiger partial charge on any atom is -0.482 e. The lowest BCUT2D eigenvalue weighted by Crippen LogP contribution is -2.24. The monoisotopic (exact) mass is 389 g/mol. The van der Waals surface area contributed by atoms with E-state index in [1.807, 2.05) is 0 Å². The molecule has 0 aliphatic carbocycles. The standard InChI is InChI=1S/C19H16FNO7/c1-11(22)14-6-16-17(28-10-27-16)7-15(14)21-18(23)8-26-19(24)9-25-13-4-2-12(20)3-5-13/h2-7H,8-10H2,1H3,(H,21,23). The van der Waals surface area contributed by atoms with Crippen LogP contribution in [-0.4, -0.2) is 37.7 Å². The molecule has 0 spiro atoms. The van der Waals surface area contributed by atoms with Crippen LogP contribution in [0, 0.1) is 5.82 Å². The van der Waals surface area contributed by atoms with Crippen LogP contribution in [0.15, 0.2) is 36.4 Å². The molecule has 8 nitrogen and oxygen atoms in total. The molecule has 9 heteroatoms. The smallest absolute Gasteiger partial charge is 0.344 e. The van der Waals surface area contributed by atoms with Gasteiger partial charge in [-0.05, 0) is 37.3 Å². The van der Waals surface area contributed by atoms with E-state index >= 15 is 0 Å². The van der Waals surface area contributed by atoms with Crippen LogP contribution in [0.1, 0.15) is 17.3 Å². The Bertz CT molecular complexity index is 911. The lowest BCUT2D eigenvalue weighted by atomic mass is 10.1. The predicted molar refractivity (Wildman–Crippen MR) is 94.1 cm³/mol. The first-order chi connectivity index (χ1) is 13.4. The highest BCUT2D eigenvalue weighted by molar-refractivity contribution is 6.05. The molecule has 146 valence electrons. The summed E-state index contributed by atoms with van der Waals surface area (Å²) in [5.74, 6) is -1.04. The third kappa shape index (κ3) is 4.76. The first-order valence-electron chi connectivity index (χ1n) is 8.21. The summed E-state index contributed by atoms with van der Waals surface area (Å²) in [5.41, 5.74) is 0.462. The van der Waals surface area contributed by atoms with Crippen molar-refractivity contribution in [3.63, 3.8) is 0 Å². The van der Waals surface area contributed by atoms with Gasteiger partial charge < -0.3 is 24.3 Å². The zero-order valence-electron chi connectivity index (χ0n) is 14.8. The molecule has 0 fully saturated rings. The molecule has 1 N–H and O–H groups in total. The summed E-state index contributed by atoms with van der Waals surface area (Å²) in [6.07, 6.45) is 0. The first kappa shape index (κ1) is 19.2. The van der Waals surface area contributed by atoms with E-state index in [9.17, 15) is 18.8 Å². The normalized spacial score (nSPS) is 11.6. The Hall–Kier alpha value is -3.62. The Labute approximate surface area is 159 Å². The number of carbonyl (C=O) groups is 3. The van der Waals surface area contributed by atoms with Crippen LogP contribution in [0.5, 0.6) is 17.2 Å². The lowest BCUT2D eigenvalue weighted by molar-refractivity contribution is -0.149. The molecule has 0 aromatic heterocycles. The van der Waals surface area contributed by atoms with E-state index < -0.39 is 30.9 Å². The third-order valence-corrected chi connectivity index (χ3v) is 3.70. The molecule has 0 saturated heterocycles. The maximum Gasteiger partial charge on any atom is 0.344 e. The number of esters is 1. The van der Waals surface area contributed by atoms with Gasteiger partial charge in [-0.15, -0.1) is 0 Å². The summed E-state index contributed by atoms with van der Waals surface area (Å²) in [6, 6.07) is 8.04. The number of carbonyl (C=O) groups excluding carboxylic acids is 3. The second kappa shape index (κ2) is 8.38. The van der Waals surface area contributed by atoms with Gasteiger partial charge in [-0.2, -0.15) is 0 Å². The van der Waals surface area contributed by atoms with Gasteiger partial charge in [-0.25, -0.2) is 9.18 Å². The highest BCUT2D eigenvalue weighted by atomic mass is 19.1. The number of halogens is 1. The molecule has 2 aromatic carbocycles. The number of hydrogen-bond donors (Lipinski definition) is 1. The molecule has 0 saturated carbocycles. The fraction of sp³-hybridized carbons (Fsp3) is 0.211. The van der Waals surface area contributed by atoms with Crippen LogP contribution in [0.25, 0.3) is 0 Å². The molecule has 3 rings (SSSR count). The summed E-state index contributed by atoms with van der Waals surface area (Å²) in [7, 11) is 0. The Balaban J connectivity index is 1.52. The van der Waals surface area contributed by atoms with Crippen molar-refractivity contribution in [2.24, 2.45) is 0 Å². The highest BCUT2D eigenvalue weighted by Crippen LogP contribution is 2.37. The van der Waals surface area contributed by atoms with Gasteiger partial charge in [0.05, 0.1) is 5.69 Å². The van der Waals surface area contributed by atoms with Crippen molar-refractivity contribution in [1.82, 2.24) is 0 Å². The van der Waals surface area contributed by atoms with E-state index in [1.165, 1.54) is 43.3 Å². The number of ketones is 1. The van der Waals surface area contributed by atoms with E-state index in [0.29, 0.717) is 11.5 Å². The van der Waals surface area contributed by atoms with Crippen LogP contribution in [0.4, 0.5) is 10.1 Å². The molecule has 1 aliphatic heterocycles. The number of ether oxygens (including phenoxy) is 4. The van der Waals surface area contributed by atoms with Crippen LogP contribution >= 0.6 is 0 Å². The molecule has 28 heavy (non-hydrogen) atoms. The van der Waals surface area contributed by atoms with E-state index in [1.54, 1.807) is 0 Å². The van der Waals surface area contributed by atoms with Gasteiger partial charge in [0.2, 0.25) is 6.79 Å². The van der Waals surface area contributed by atoms with Gasteiger partial charge >= 0.3 is 5.97 Å². The van der Waals surface area contributed by atoms with Crippen LogP contribution in [0.3, 0.4) is 0 Å². The Morgan fingerprint density at radius 2 is 1.75 bits per heavy atom. The minimum absolute atomic E-state index is 0.0236. The minimum atomic E-state index is -0.781. The molecule has 0 bridgehead atoms. The summed E-state index contributed by atoms with van der Waals surface area (Å²) in [6.45, 7) is 0.356. The lowest BCUT2D eigenvalue weighted by Gasteiger charge is -2.11. The summed E-state index contributed by atoms with van der Waals surface area (Å²) in [4.78, 5) is 35.5. The molecular weight excluding hydrogens is 373 g/mol. The van der Waals surface area contributed by atoms with Crippen LogP contribution < -0.4 is 19.5 Å². The molecule has 2 aromatic rings. The molecule has 0 unspecified atom stereocenters. The zero-order chi connectivity index (χ0) is 20.1. The maximum absolute atomic E-state index is 12.8. The van der Waals surface area contributed by atoms with Crippen molar-refractivity contribution in [1.29, 1.82) is 0 Å². The third-order valence-electron chi connectivity index (χ3n) is 3.70. The van der Waals surface area contributed by atoms with Crippen molar-refractivity contribution in [2.45, 2.75) is 6.92 Å². The summed E-state index contributed by atoms with van der Waals surface area (Å²) < 4.78 is 33.2. The second-order valence-electron chi connectivity index (χ2n) is 5.76. The number of hydrogen-bond acceptors (Lipinski definition) is 7. The fourth-order valence-corrected chi connectivity index (χ4v) is 2.38. The van der Waals surface area contributed by atoms with E-state index in [2.05, 4.69) is 5.32 Å². The number of amides is 1. The van der Waals surface area contributed by atoms with Crippen molar-refractivity contribution in [3.8, 4) is 17.2 Å². The van der Waals surface area contributed by atoms with Crippen molar-refractivity contribution in [3.05, 3.63) is 47.8 Å². The van der Waals surface area contributed by atoms with Gasteiger partial charge in [-0.1, -0.05) is 0 Å². The Morgan fingerprint density at radius 1 is 1.07 bits per heavy atom. The number of fused-ring (bicyclic) bond motifs is 1. The quantitative estimate of drug-likeness (QED) is 0.573. The fourth-order valence-electron chi connectivity index (χ4n) is 2.38. The van der Waals surface area contributed by atoms with Crippen molar-refractivity contribution >= 4 is 23.3 Å². The Kier molecular flexibility index (Phi) is 5.73. The van der Waals surface area contributed by atoms with Gasteiger partial charge in [0.25, 0.3) is 5.91 Å². The second-order valence-corrected chi connectivity index (χ2v) is 5.76. The number of anilines is 1. The van der Waals surface area contributed by atoms with Crippen LogP contribution in [-0.2, 0) is 14.3 Å². The molecule has 1 aliphatic rings. The van der Waals surface area contributed by atoms with Gasteiger partial charge in [0.1, 0.15) is 11.6 Å². The number of rotatable bonds is 7.